The van der Waals surface area contributed by atoms with E-state index in [2.05, 4.69) is 93.7 Å². The molecule has 0 saturated carbocycles. The SMILES string of the molecule is CC/C=C\C/C=C\C/C=C\C/C=C\C/C=C\CCCC(=O)OC(COC(=O)CCCCCCCCCCCCCC)COC(=O)CCCCCCCCCCCCCCCCCCC/C=C\CCCCCCCCCC. The van der Waals surface area contributed by atoms with E-state index in [4.69, 9.17) is 14.2 Å². The highest BCUT2D eigenvalue weighted by Crippen LogP contribution is 2.17. The Morgan fingerprint density at radius 1 is 0.276 bits per heavy atom. The van der Waals surface area contributed by atoms with Crippen molar-refractivity contribution >= 4 is 17.9 Å². The van der Waals surface area contributed by atoms with Gasteiger partial charge in [-0.15, -0.1) is 0 Å². The summed E-state index contributed by atoms with van der Waals surface area (Å²) in [5.74, 6) is -0.938. The zero-order valence-electron chi connectivity index (χ0n) is 50.5. The molecule has 6 heteroatoms. The molecule has 0 fully saturated rings. The summed E-state index contributed by atoms with van der Waals surface area (Å²) in [6.45, 7) is 6.51. The second kappa shape index (κ2) is 64.4. The van der Waals surface area contributed by atoms with Gasteiger partial charge in [-0.3, -0.25) is 14.4 Å². The molecular weight excluding hydrogens is 937 g/mol. The third-order valence-electron chi connectivity index (χ3n) is 14.4. The van der Waals surface area contributed by atoms with Crippen molar-refractivity contribution in [3.05, 3.63) is 72.9 Å². The molecule has 440 valence electrons. The Bertz CT molecular complexity index is 1400. The summed E-state index contributed by atoms with van der Waals surface area (Å²) in [6.07, 6.45) is 83.7. The van der Waals surface area contributed by atoms with Crippen LogP contribution in [-0.2, 0) is 28.6 Å². The highest BCUT2D eigenvalue weighted by atomic mass is 16.6. The van der Waals surface area contributed by atoms with Crippen LogP contribution in [0.25, 0.3) is 0 Å². The summed E-state index contributed by atoms with van der Waals surface area (Å²) in [5, 5.41) is 0. The van der Waals surface area contributed by atoms with Crippen molar-refractivity contribution in [3.63, 3.8) is 0 Å². The molecule has 0 aliphatic carbocycles. The largest absolute Gasteiger partial charge is 0.462 e. The van der Waals surface area contributed by atoms with Crippen molar-refractivity contribution in [3.8, 4) is 0 Å². The zero-order valence-corrected chi connectivity index (χ0v) is 50.5. The van der Waals surface area contributed by atoms with E-state index in [0.29, 0.717) is 19.3 Å². The van der Waals surface area contributed by atoms with Gasteiger partial charge in [0, 0.05) is 19.3 Å². The van der Waals surface area contributed by atoms with Gasteiger partial charge in [0.15, 0.2) is 6.10 Å². The average molecular weight is 1060 g/mol. The van der Waals surface area contributed by atoms with Crippen LogP contribution in [0.4, 0.5) is 0 Å². The normalized spacial score (nSPS) is 12.5. The Morgan fingerprint density at radius 2 is 0.526 bits per heavy atom. The number of carbonyl (C=O) groups is 3. The zero-order chi connectivity index (χ0) is 55.0. The predicted octanol–water partition coefficient (Wildman–Crippen LogP) is 22.5. The smallest absolute Gasteiger partial charge is 0.306 e. The first-order valence-electron chi connectivity index (χ1n) is 32.9. The predicted molar refractivity (Wildman–Crippen MR) is 330 cm³/mol. The fraction of sp³-hybridized carbons (Fsp3) is 0.786. The fourth-order valence-corrected chi connectivity index (χ4v) is 9.54. The average Bonchev–Trinajstić information content (AvgIpc) is 3.42. The van der Waals surface area contributed by atoms with Crippen LogP contribution in [0.1, 0.15) is 335 Å². The van der Waals surface area contributed by atoms with Crippen LogP contribution in [0.2, 0.25) is 0 Å². The molecule has 0 aromatic carbocycles. The van der Waals surface area contributed by atoms with Crippen LogP contribution < -0.4 is 0 Å². The van der Waals surface area contributed by atoms with E-state index in [0.717, 1.165) is 77.0 Å². The van der Waals surface area contributed by atoms with Gasteiger partial charge in [0.2, 0.25) is 0 Å². The molecule has 0 bridgehead atoms. The van der Waals surface area contributed by atoms with Gasteiger partial charge in [-0.25, -0.2) is 0 Å². The first-order valence-corrected chi connectivity index (χ1v) is 32.9. The van der Waals surface area contributed by atoms with Crippen molar-refractivity contribution < 1.29 is 28.6 Å². The molecule has 0 radical (unpaired) electrons. The van der Waals surface area contributed by atoms with Crippen molar-refractivity contribution in [2.75, 3.05) is 13.2 Å². The van der Waals surface area contributed by atoms with Gasteiger partial charge in [-0.1, -0.05) is 306 Å². The van der Waals surface area contributed by atoms with Gasteiger partial charge in [0.1, 0.15) is 13.2 Å². The molecule has 0 spiro atoms. The molecule has 0 amide bonds. The summed E-state index contributed by atoms with van der Waals surface area (Å²) >= 11 is 0. The highest BCUT2D eigenvalue weighted by Gasteiger charge is 2.19. The van der Waals surface area contributed by atoms with Crippen LogP contribution in [-0.4, -0.2) is 37.2 Å². The maximum absolute atomic E-state index is 12.9. The molecule has 0 aromatic heterocycles. The van der Waals surface area contributed by atoms with Gasteiger partial charge >= 0.3 is 17.9 Å². The summed E-state index contributed by atoms with van der Waals surface area (Å²) in [5.41, 5.74) is 0. The Morgan fingerprint density at radius 3 is 0.855 bits per heavy atom. The third kappa shape index (κ3) is 61.7. The topological polar surface area (TPSA) is 78.9 Å². The van der Waals surface area contributed by atoms with Crippen molar-refractivity contribution in [2.24, 2.45) is 0 Å². The molecule has 0 N–H and O–H groups in total. The lowest BCUT2D eigenvalue weighted by Crippen LogP contribution is -2.30. The van der Waals surface area contributed by atoms with Crippen molar-refractivity contribution in [2.45, 2.75) is 341 Å². The van der Waals surface area contributed by atoms with E-state index in [9.17, 15) is 14.4 Å². The number of allylic oxidation sites excluding steroid dienone is 12. The van der Waals surface area contributed by atoms with Gasteiger partial charge in [-0.05, 0) is 83.5 Å². The molecule has 0 rings (SSSR count). The fourth-order valence-electron chi connectivity index (χ4n) is 9.54. The molecule has 0 heterocycles. The molecule has 76 heavy (non-hydrogen) atoms. The number of unbranched alkanes of at least 4 members (excludes halogenated alkanes) is 37. The lowest BCUT2D eigenvalue weighted by molar-refractivity contribution is -0.167. The van der Waals surface area contributed by atoms with E-state index in [-0.39, 0.29) is 37.5 Å². The molecule has 0 aliphatic heterocycles. The quantitative estimate of drug-likeness (QED) is 0.0261. The number of hydrogen-bond donors (Lipinski definition) is 0. The second-order valence-electron chi connectivity index (χ2n) is 22.0. The van der Waals surface area contributed by atoms with Crippen LogP contribution in [0.15, 0.2) is 72.9 Å². The number of carbonyl (C=O) groups excluding carboxylic acids is 3. The van der Waals surface area contributed by atoms with Crippen LogP contribution in [0.3, 0.4) is 0 Å². The maximum atomic E-state index is 12.9. The molecule has 0 aliphatic rings. The first-order chi connectivity index (χ1) is 37.5. The maximum Gasteiger partial charge on any atom is 0.306 e. The molecule has 1 atom stereocenters. The van der Waals surface area contributed by atoms with Crippen LogP contribution in [0.5, 0.6) is 0 Å². The van der Waals surface area contributed by atoms with E-state index in [1.54, 1.807) is 0 Å². The Balaban J connectivity index is 4.23. The Labute approximate surface area is 472 Å². The Kier molecular flexibility index (Phi) is 61.7. The number of ether oxygens (including phenoxy) is 3. The van der Waals surface area contributed by atoms with Gasteiger partial charge in [0.25, 0.3) is 0 Å². The molecule has 6 nitrogen and oxygen atoms in total. The summed E-state index contributed by atoms with van der Waals surface area (Å²) in [7, 11) is 0. The van der Waals surface area contributed by atoms with Crippen molar-refractivity contribution in [1.29, 1.82) is 0 Å². The molecule has 0 saturated heterocycles. The number of hydrogen-bond acceptors (Lipinski definition) is 6. The van der Waals surface area contributed by atoms with E-state index in [1.165, 1.54) is 212 Å². The van der Waals surface area contributed by atoms with Gasteiger partial charge in [0.05, 0.1) is 0 Å². The van der Waals surface area contributed by atoms with E-state index in [1.807, 2.05) is 0 Å². The van der Waals surface area contributed by atoms with E-state index >= 15 is 0 Å². The minimum absolute atomic E-state index is 0.0943. The molecule has 0 aromatic rings. The third-order valence-corrected chi connectivity index (χ3v) is 14.4. The summed E-state index contributed by atoms with van der Waals surface area (Å²) in [6, 6.07) is 0. The van der Waals surface area contributed by atoms with Crippen LogP contribution in [0, 0.1) is 0 Å². The number of rotatable bonds is 60. The van der Waals surface area contributed by atoms with Crippen LogP contribution >= 0.6 is 0 Å². The molecule has 1 unspecified atom stereocenters. The summed E-state index contributed by atoms with van der Waals surface area (Å²) in [4.78, 5) is 38.2. The number of esters is 3. The lowest BCUT2D eigenvalue weighted by atomic mass is 10.0. The first kappa shape index (κ1) is 72.8. The second-order valence-corrected chi connectivity index (χ2v) is 22.0. The monoisotopic (exact) mass is 1060 g/mol. The summed E-state index contributed by atoms with van der Waals surface area (Å²) < 4.78 is 16.9. The lowest BCUT2D eigenvalue weighted by Gasteiger charge is -2.18. The van der Waals surface area contributed by atoms with Gasteiger partial charge in [-0.2, -0.15) is 0 Å². The van der Waals surface area contributed by atoms with E-state index < -0.39 is 6.10 Å². The minimum Gasteiger partial charge on any atom is -0.462 e. The minimum atomic E-state index is -0.803. The van der Waals surface area contributed by atoms with Crippen molar-refractivity contribution in [1.82, 2.24) is 0 Å². The highest BCUT2D eigenvalue weighted by molar-refractivity contribution is 5.71. The Hall–Kier alpha value is -3.15. The van der Waals surface area contributed by atoms with Gasteiger partial charge < -0.3 is 14.2 Å². The standard InChI is InChI=1S/C70H124O6/c1-4-7-10-13-16-19-22-25-27-29-30-31-32-33-34-35-36-37-38-39-40-42-43-45-48-51-54-57-60-63-69(72)75-66-67(65-74-68(71)62-59-56-53-50-47-24-21-18-15-12-9-6-3)76-70(73)64-61-58-55-52-49-46-44-41-28-26-23-20-17-14-11-8-5-2/h8,11,17,20,26,28-30,44,46,52,55,67H,4-7,9-10,12-16,18-19,21-25,27,31-43,45,47-51,53-54,56-66H2,1-3H3/b11-8-,20-17-,28-26-,30-29-,46-44-,55-52-. The molecular formula is C70H124O6.